The van der Waals surface area contributed by atoms with Crippen LogP contribution < -0.4 is 5.32 Å². The molecule has 102 valence electrons. The quantitative estimate of drug-likeness (QED) is 0.764. The van der Waals surface area contributed by atoms with Crippen molar-refractivity contribution in [3.05, 3.63) is 66.1 Å². The predicted molar refractivity (Wildman–Crippen MR) is 78.6 cm³/mol. The average molecular weight is 267 g/mol. The third-order valence-corrected chi connectivity index (χ3v) is 3.37. The number of imidazole rings is 1. The van der Waals surface area contributed by atoms with E-state index >= 15 is 0 Å². The smallest absolute Gasteiger partial charge is 0.137 e. The maximum atomic E-state index is 9.50. The van der Waals surface area contributed by atoms with E-state index < -0.39 is 0 Å². The number of aromatic nitrogens is 2. The third-order valence-electron chi connectivity index (χ3n) is 3.37. The van der Waals surface area contributed by atoms with E-state index in [1.54, 1.807) is 12.1 Å². The van der Waals surface area contributed by atoms with Crippen molar-refractivity contribution in [3.63, 3.8) is 0 Å². The summed E-state index contributed by atoms with van der Waals surface area (Å²) in [6.45, 7) is 2.77. The molecule has 4 nitrogen and oxygen atoms in total. The second-order valence-corrected chi connectivity index (χ2v) is 4.90. The van der Waals surface area contributed by atoms with Gasteiger partial charge < -0.3 is 14.8 Å². The van der Waals surface area contributed by atoms with Crippen LogP contribution in [0.4, 0.5) is 0 Å². The molecule has 4 heteroatoms. The Morgan fingerprint density at radius 1 is 1.25 bits per heavy atom. The lowest BCUT2D eigenvalue weighted by atomic mass is 10.1. The van der Waals surface area contributed by atoms with E-state index in [0.717, 1.165) is 16.9 Å². The molecule has 3 rings (SSSR count). The van der Waals surface area contributed by atoms with Gasteiger partial charge in [-0.05, 0) is 36.8 Å². The first kappa shape index (κ1) is 12.7. The van der Waals surface area contributed by atoms with Crippen LogP contribution in [0.3, 0.4) is 0 Å². The molecule has 2 heterocycles. The van der Waals surface area contributed by atoms with Crippen LogP contribution in [0.25, 0.3) is 5.65 Å². The van der Waals surface area contributed by atoms with Crippen molar-refractivity contribution < 1.29 is 5.11 Å². The number of nitrogens with one attached hydrogen (secondary N) is 1. The number of rotatable bonds is 4. The van der Waals surface area contributed by atoms with Crippen LogP contribution in [0, 0.1) is 0 Å². The Morgan fingerprint density at radius 2 is 2.15 bits per heavy atom. The summed E-state index contributed by atoms with van der Waals surface area (Å²) in [7, 11) is 0. The van der Waals surface area contributed by atoms with Crippen molar-refractivity contribution in [3.8, 4) is 5.75 Å². The minimum absolute atomic E-state index is 0.159. The van der Waals surface area contributed by atoms with Crippen LogP contribution in [0.15, 0.2) is 54.9 Å². The van der Waals surface area contributed by atoms with Gasteiger partial charge in [-0.15, -0.1) is 0 Å². The molecule has 0 bridgehead atoms. The molecule has 2 aromatic heterocycles. The summed E-state index contributed by atoms with van der Waals surface area (Å²) in [6, 6.07) is 13.4. The Morgan fingerprint density at radius 3 is 2.95 bits per heavy atom. The molecule has 0 amide bonds. The topological polar surface area (TPSA) is 49.6 Å². The lowest BCUT2D eigenvalue weighted by Gasteiger charge is -2.13. The van der Waals surface area contributed by atoms with Crippen LogP contribution in [0.2, 0.25) is 0 Å². The molecule has 2 N–H and O–H groups in total. The van der Waals surface area contributed by atoms with E-state index in [9.17, 15) is 5.11 Å². The van der Waals surface area contributed by atoms with E-state index in [-0.39, 0.29) is 6.04 Å². The molecule has 20 heavy (non-hydrogen) atoms. The SMILES string of the molecule is CC(NCc1cn2ccccc2n1)c1cccc(O)c1. The molecular formula is C16H17N3O. The first-order chi connectivity index (χ1) is 9.72. The zero-order chi connectivity index (χ0) is 13.9. The first-order valence-corrected chi connectivity index (χ1v) is 6.67. The number of pyridine rings is 1. The summed E-state index contributed by atoms with van der Waals surface area (Å²) in [5.41, 5.74) is 3.02. The third kappa shape index (κ3) is 2.65. The van der Waals surface area contributed by atoms with E-state index in [4.69, 9.17) is 0 Å². The fourth-order valence-electron chi connectivity index (χ4n) is 2.24. The minimum atomic E-state index is 0.159. The van der Waals surface area contributed by atoms with Gasteiger partial charge in [0, 0.05) is 25.0 Å². The molecular weight excluding hydrogens is 250 g/mol. The molecule has 1 unspecified atom stereocenters. The van der Waals surface area contributed by atoms with E-state index in [1.165, 1.54) is 0 Å². The van der Waals surface area contributed by atoms with Gasteiger partial charge in [0.2, 0.25) is 0 Å². The van der Waals surface area contributed by atoms with E-state index in [2.05, 4.69) is 17.2 Å². The number of phenolic OH excluding ortho intramolecular Hbond substituents is 1. The zero-order valence-corrected chi connectivity index (χ0v) is 11.3. The maximum Gasteiger partial charge on any atom is 0.137 e. The number of nitrogens with zero attached hydrogens (tertiary/aromatic N) is 2. The number of fused-ring (bicyclic) bond motifs is 1. The lowest BCUT2D eigenvalue weighted by molar-refractivity contribution is 0.472. The normalized spacial score (nSPS) is 12.7. The molecule has 0 saturated carbocycles. The summed E-state index contributed by atoms with van der Waals surface area (Å²) >= 11 is 0. The minimum Gasteiger partial charge on any atom is -0.508 e. The Labute approximate surface area is 117 Å². The summed E-state index contributed by atoms with van der Waals surface area (Å²) in [5.74, 6) is 0.295. The Balaban J connectivity index is 1.69. The Hall–Kier alpha value is -2.33. The average Bonchev–Trinajstić information content (AvgIpc) is 2.87. The number of aromatic hydroxyl groups is 1. The van der Waals surface area contributed by atoms with Crippen molar-refractivity contribution in [1.82, 2.24) is 14.7 Å². The molecule has 1 atom stereocenters. The van der Waals surface area contributed by atoms with E-state index in [1.807, 2.05) is 47.1 Å². The van der Waals surface area contributed by atoms with Gasteiger partial charge in [-0.25, -0.2) is 4.98 Å². The number of benzene rings is 1. The second kappa shape index (κ2) is 5.35. The predicted octanol–water partition coefficient (Wildman–Crippen LogP) is 2.89. The zero-order valence-electron chi connectivity index (χ0n) is 11.3. The van der Waals surface area contributed by atoms with Crippen molar-refractivity contribution in [2.75, 3.05) is 0 Å². The highest BCUT2D eigenvalue weighted by molar-refractivity contribution is 5.39. The molecule has 0 aliphatic rings. The molecule has 0 spiro atoms. The Kier molecular flexibility index (Phi) is 3.39. The van der Waals surface area contributed by atoms with Gasteiger partial charge in [0.25, 0.3) is 0 Å². The maximum absolute atomic E-state index is 9.50. The first-order valence-electron chi connectivity index (χ1n) is 6.67. The van der Waals surface area contributed by atoms with Crippen molar-refractivity contribution in [2.24, 2.45) is 0 Å². The van der Waals surface area contributed by atoms with Crippen LogP contribution >= 0.6 is 0 Å². The summed E-state index contributed by atoms with van der Waals surface area (Å²) in [6.07, 6.45) is 4.02. The molecule has 1 aromatic carbocycles. The molecule has 0 fully saturated rings. The van der Waals surface area contributed by atoms with Gasteiger partial charge in [-0.3, -0.25) is 0 Å². The van der Waals surface area contributed by atoms with Crippen LogP contribution in [0.1, 0.15) is 24.2 Å². The Bertz CT molecular complexity index is 687. The van der Waals surface area contributed by atoms with Gasteiger partial charge in [0.05, 0.1) is 5.69 Å². The summed E-state index contributed by atoms with van der Waals surface area (Å²) < 4.78 is 2.01. The van der Waals surface area contributed by atoms with Gasteiger partial charge in [-0.2, -0.15) is 0 Å². The van der Waals surface area contributed by atoms with Gasteiger partial charge in [-0.1, -0.05) is 18.2 Å². The van der Waals surface area contributed by atoms with Gasteiger partial charge in [0.15, 0.2) is 0 Å². The highest BCUT2D eigenvalue weighted by Gasteiger charge is 2.07. The lowest BCUT2D eigenvalue weighted by Crippen LogP contribution is -2.18. The highest BCUT2D eigenvalue weighted by atomic mass is 16.3. The van der Waals surface area contributed by atoms with Crippen LogP contribution in [0.5, 0.6) is 5.75 Å². The molecule has 0 aliphatic carbocycles. The number of hydrogen-bond donors (Lipinski definition) is 2. The fourth-order valence-corrected chi connectivity index (χ4v) is 2.24. The van der Waals surface area contributed by atoms with E-state index in [0.29, 0.717) is 12.3 Å². The van der Waals surface area contributed by atoms with Crippen molar-refractivity contribution in [1.29, 1.82) is 0 Å². The molecule has 0 saturated heterocycles. The van der Waals surface area contributed by atoms with Crippen molar-refractivity contribution >= 4 is 5.65 Å². The second-order valence-electron chi connectivity index (χ2n) is 4.90. The van der Waals surface area contributed by atoms with Gasteiger partial charge in [0.1, 0.15) is 11.4 Å². The van der Waals surface area contributed by atoms with Crippen LogP contribution in [-0.4, -0.2) is 14.5 Å². The van der Waals surface area contributed by atoms with Gasteiger partial charge >= 0.3 is 0 Å². The highest BCUT2D eigenvalue weighted by Crippen LogP contribution is 2.18. The largest absolute Gasteiger partial charge is 0.508 e. The molecule has 0 aliphatic heterocycles. The fraction of sp³-hybridized carbons (Fsp3) is 0.188. The standard InChI is InChI=1S/C16H17N3O/c1-12(13-5-4-6-15(20)9-13)17-10-14-11-19-8-3-2-7-16(19)18-14/h2-9,11-12,17,20H,10H2,1H3. The van der Waals surface area contributed by atoms with Crippen LogP contribution in [-0.2, 0) is 6.54 Å². The summed E-state index contributed by atoms with van der Waals surface area (Å²) in [5, 5.41) is 12.9. The molecule has 0 radical (unpaired) electrons. The number of phenols is 1. The molecule has 3 aromatic rings. The van der Waals surface area contributed by atoms with Crippen molar-refractivity contribution in [2.45, 2.75) is 19.5 Å². The monoisotopic (exact) mass is 267 g/mol. The summed E-state index contributed by atoms with van der Waals surface area (Å²) in [4.78, 5) is 4.55. The number of hydrogen-bond acceptors (Lipinski definition) is 3.